The molecule has 158 valence electrons. The molecule has 0 radical (unpaired) electrons. The molecule has 1 aromatic heterocycles. The Hall–Kier alpha value is -4.65. The normalized spacial score (nSPS) is 10.9. The van der Waals surface area contributed by atoms with Crippen molar-refractivity contribution in [1.29, 1.82) is 0 Å². The second-order valence-electron chi connectivity index (χ2n) is 6.83. The van der Waals surface area contributed by atoms with E-state index in [0.29, 0.717) is 17.1 Å². The number of aliphatic imine (C=N–C) groups is 1. The molecule has 0 aliphatic rings. The Labute approximate surface area is 183 Å². The van der Waals surface area contributed by atoms with Crippen LogP contribution in [0.1, 0.15) is 10.4 Å². The van der Waals surface area contributed by atoms with E-state index in [1.54, 1.807) is 72.8 Å². The number of hydrogen-bond donors (Lipinski definition) is 2. The average Bonchev–Trinajstić information content (AvgIpc) is 2.81. The fourth-order valence-electron chi connectivity index (χ4n) is 3.20. The van der Waals surface area contributed by atoms with Gasteiger partial charge < -0.3 is 10.2 Å². The Morgan fingerprint density at radius 1 is 0.844 bits per heavy atom. The third kappa shape index (κ3) is 4.13. The second kappa shape index (κ2) is 9.01. The number of rotatable bonds is 5. The lowest BCUT2D eigenvalue weighted by Gasteiger charge is -2.20. The van der Waals surface area contributed by atoms with Crippen LogP contribution in [0.5, 0.6) is 11.6 Å². The fraction of sp³-hybridized carbons (Fsp3) is 0. The van der Waals surface area contributed by atoms with Gasteiger partial charge in [0.25, 0.3) is 11.5 Å². The lowest BCUT2D eigenvalue weighted by Crippen LogP contribution is -2.31. The largest absolute Gasteiger partial charge is 0.507 e. The minimum atomic E-state index is -0.754. The second-order valence-corrected chi connectivity index (χ2v) is 6.83. The third-order valence-corrected chi connectivity index (χ3v) is 4.73. The molecule has 7 nitrogen and oxygen atoms in total. The van der Waals surface area contributed by atoms with Crippen LogP contribution < -0.4 is 10.5 Å². The Morgan fingerprint density at radius 2 is 1.41 bits per heavy atom. The SMILES string of the molecule is O=C(c1c(O)cc(=O)n(-c2ccccc2)c1O)N(C=Nc1ccccc1)c1ccccc1. The number of para-hydroxylation sites is 3. The summed E-state index contributed by atoms with van der Waals surface area (Å²) in [5.74, 6) is -2.05. The van der Waals surface area contributed by atoms with Gasteiger partial charge in [-0.2, -0.15) is 0 Å². The van der Waals surface area contributed by atoms with E-state index in [4.69, 9.17) is 0 Å². The van der Waals surface area contributed by atoms with Gasteiger partial charge in [-0.05, 0) is 36.4 Å². The Balaban J connectivity index is 1.84. The molecule has 0 saturated carbocycles. The summed E-state index contributed by atoms with van der Waals surface area (Å²) in [7, 11) is 0. The van der Waals surface area contributed by atoms with Gasteiger partial charge in [0.1, 0.15) is 17.7 Å². The molecule has 7 heteroatoms. The first-order valence-electron chi connectivity index (χ1n) is 9.77. The zero-order valence-electron chi connectivity index (χ0n) is 16.9. The zero-order valence-corrected chi connectivity index (χ0v) is 16.9. The monoisotopic (exact) mass is 425 g/mol. The molecule has 0 aliphatic carbocycles. The first-order chi connectivity index (χ1) is 15.6. The van der Waals surface area contributed by atoms with Gasteiger partial charge in [-0.1, -0.05) is 54.6 Å². The molecule has 0 fully saturated rings. The summed E-state index contributed by atoms with van der Waals surface area (Å²) in [6.07, 6.45) is 1.31. The van der Waals surface area contributed by atoms with Crippen LogP contribution in [0.25, 0.3) is 5.69 Å². The molecule has 0 unspecified atom stereocenters. The summed E-state index contributed by atoms with van der Waals surface area (Å²) >= 11 is 0. The van der Waals surface area contributed by atoms with Crippen molar-refractivity contribution in [3.05, 3.63) is 113 Å². The summed E-state index contributed by atoms with van der Waals surface area (Å²) in [5, 5.41) is 21.3. The van der Waals surface area contributed by atoms with Crippen LogP contribution in [0.2, 0.25) is 0 Å². The van der Waals surface area contributed by atoms with Gasteiger partial charge in [0.2, 0.25) is 5.88 Å². The minimum Gasteiger partial charge on any atom is -0.507 e. The van der Waals surface area contributed by atoms with Gasteiger partial charge in [0.05, 0.1) is 17.1 Å². The standard InChI is InChI=1S/C25H19N3O4/c29-21-16-22(30)28(20-14-8-3-9-15-20)25(32)23(21)24(31)27(19-12-6-2-7-13-19)17-26-18-10-4-1-5-11-18/h1-17,29,32H. The molecule has 0 saturated heterocycles. The van der Waals surface area contributed by atoms with Crippen LogP contribution in [0.3, 0.4) is 0 Å². The summed E-state index contributed by atoms with van der Waals surface area (Å²) in [4.78, 5) is 31.5. The van der Waals surface area contributed by atoms with Crippen molar-refractivity contribution < 1.29 is 15.0 Å². The van der Waals surface area contributed by atoms with Crippen molar-refractivity contribution in [3.63, 3.8) is 0 Å². The van der Waals surface area contributed by atoms with E-state index in [-0.39, 0.29) is 0 Å². The Bertz CT molecular complexity index is 1320. The van der Waals surface area contributed by atoms with E-state index in [1.807, 2.05) is 18.2 Å². The number of carbonyl (C=O) groups excluding carboxylic acids is 1. The highest BCUT2D eigenvalue weighted by Crippen LogP contribution is 2.30. The van der Waals surface area contributed by atoms with Crippen molar-refractivity contribution in [2.75, 3.05) is 4.90 Å². The van der Waals surface area contributed by atoms with Crippen molar-refractivity contribution in [2.24, 2.45) is 4.99 Å². The summed E-state index contributed by atoms with van der Waals surface area (Å²) in [6, 6.07) is 27.0. The Kier molecular flexibility index (Phi) is 5.81. The summed E-state index contributed by atoms with van der Waals surface area (Å²) < 4.78 is 0.963. The fourth-order valence-corrected chi connectivity index (χ4v) is 3.20. The van der Waals surface area contributed by atoms with Gasteiger partial charge >= 0.3 is 0 Å². The highest BCUT2D eigenvalue weighted by Gasteiger charge is 2.27. The molecule has 32 heavy (non-hydrogen) atoms. The van der Waals surface area contributed by atoms with Gasteiger partial charge in [0, 0.05) is 6.07 Å². The van der Waals surface area contributed by atoms with E-state index in [0.717, 1.165) is 10.6 Å². The topological polar surface area (TPSA) is 95.1 Å². The van der Waals surface area contributed by atoms with Gasteiger partial charge in [-0.3, -0.25) is 14.5 Å². The molecule has 0 atom stereocenters. The number of nitrogens with zero attached hydrogens (tertiary/aromatic N) is 3. The van der Waals surface area contributed by atoms with Crippen molar-refractivity contribution in [3.8, 4) is 17.3 Å². The number of carbonyl (C=O) groups is 1. The maximum Gasteiger partial charge on any atom is 0.272 e. The number of aromatic nitrogens is 1. The molecule has 0 spiro atoms. The maximum absolute atomic E-state index is 13.5. The number of hydrogen-bond acceptors (Lipinski definition) is 5. The average molecular weight is 425 g/mol. The van der Waals surface area contributed by atoms with E-state index in [9.17, 15) is 19.8 Å². The summed E-state index contributed by atoms with van der Waals surface area (Å²) in [6.45, 7) is 0. The molecular formula is C25H19N3O4. The first kappa shape index (κ1) is 20.6. The van der Waals surface area contributed by atoms with Gasteiger partial charge in [0.15, 0.2) is 0 Å². The van der Waals surface area contributed by atoms with Crippen molar-refractivity contribution in [2.45, 2.75) is 0 Å². The predicted octanol–water partition coefficient (Wildman–Crippen LogP) is 4.26. The van der Waals surface area contributed by atoms with Crippen LogP contribution in [-0.4, -0.2) is 27.0 Å². The highest BCUT2D eigenvalue weighted by atomic mass is 16.3. The molecular weight excluding hydrogens is 406 g/mol. The van der Waals surface area contributed by atoms with Crippen LogP contribution in [-0.2, 0) is 0 Å². The molecule has 0 bridgehead atoms. The van der Waals surface area contributed by atoms with Crippen LogP contribution in [0, 0.1) is 0 Å². The molecule has 3 aromatic carbocycles. The third-order valence-electron chi connectivity index (χ3n) is 4.73. The highest BCUT2D eigenvalue weighted by molar-refractivity contribution is 6.18. The quantitative estimate of drug-likeness (QED) is 0.369. The van der Waals surface area contributed by atoms with Crippen LogP contribution >= 0.6 is 0 Å². The number of pyridine rings is 1. The van der Waals surface area contributed by atoms with Crippen molar-refractivity contribution >= 4 is 23.6 Å². The van der Waals surface area contributed by atoms with Crippen molar-refractivity contribution in [1.82, 2.24) is 4.57 Å². The summed E-state index contributed by atoms with van der Waals surface area (Å²) in [5.41, 5.74) is 0.342. The maximum atomic E-state index is 13.5. The van der Waals surface area contributed by atoms with E-state index in [2.05, 4.69) is 4.99 Å². The predicted molar refractivity (Wildman–Crippen MR) is 123 cm³/mol. The molecule has 1 heterocycles. The molecule has 0 aliphatic heterocycles. The molecule has 4 aromatic rings. The lowest BCUT2D eigenvalue weighted by molar-refractivity contribution is 0.0997. The van der Waals surface area contributed by atoms with Gasteiger partial charge in [-0.15, -0.1) is 0 Å². The number of benzene rings is 3. The van der Waals surface area contributed by atoms with Gasteiger partial charge in [-0.25, -0.2) is 9.56 Å². The van der Waals surface area contributed by atoms with Crippen LogP contribution in [0.15, 0.2) is 107 Å². The smallest absolute Gasteiger partial charge is 0.272 e. The Morgan fingerprint density at radius 3 is 2.03 bits per heavy atom. The minimum absolute atomic E-state index is 0.355. The zero-order chi connectivity index (χ0) is 22.5. The molecule has 4 rings (SSSR count). The number of anilines is 1. The van der Waals surface area contributed by atoms with Crippen LogP contribution in [0.4, 0.5) is 11.4 Å². The van der Waals surface area contributed by atoms with E-state index in [1.165, 1.54) is 11.2 Å². The number of amides is 1. The molecule has 1 amide bonds. The molecule has 2 N–H and O–H groups in total. The van der Waals surface area contributed by atoms with E-state index < -0.39 is 28.7 Å². The number of aromatic hydroxyl groups is 2. The lowest BCUT2D eigenvalue weighted by atomic mass is 10.1. The first-order valence-corrected chi connectivity index (χ1v) is 9.77. The van der Waals surface area contributed by atoms with E-state index >= 15 is 0 Å².